The summed E-state index contributed by atoms with van der Waals surface area (Å²) in [6.45, 7) is 0. The van der Waals surface area contributed by atoms with Crippen LogP contribution in [-0.4, -0.2) is 15.8 Å². The van der Waals surface area contributed by atoms with Gasteiger partial charge in [0.05, 0.1) is 16.4 Å². The summed E-state index contributed by atoms with van der Waals surface area (Å²) in [5.74, 6) is 0. The molecule has 0 radical (unpaired) electrons. The molecule has 1 heterocycles. The van der Waals surface area contributed by atoms with Gasteiger partial charge in [-0.2, -0.15) is 5.10 Å². The molecular weight excluding hydrogens is 249 g/mol. The Hall–Kier alpha value is -0.420. The van der Waals surface area contributed by atoms with E-state index < -0.39 is 5.67 Å². The molecule has 0 amide bonds. The molecule has 0 saturated heterocycles. The molecule has 3 nitrogen and oxygen atoms in total. The molecule has 1 fully saturated rings. The van der Waals surface area contributed by atoms with Crippen molar-refractivity contribution in [2.45, 2.75) is 31.0 Å². The van der Waals surface area contributed by atoms with E-state index in [0.29, 0.717) is 18.5 Å². The Labute approximate surface area is 90.6 Å². The Kier molecular flexibility index (Phi) is 2.39. The molecule has 0 aromatic carbocycles. The lowest BCUT2D eigenvalue weighted by atomic mass is 10.00. The van der Waals surface area contributed by atoms with Gasteiger partial charge in [-0.05, 0) is 28.8 Å². The molecule has 1 aliphatic rings. The third-order valence-corrected chi connectivity index (χ3v) is 3.40. The molecular formula is C9H13BrFN3. The molecule has 5 heteroatoms. The third-order valence-electron chi connectivity index (χ3n) is 2.82. The van der Waals surface area contributed by atoms with E-state index >= 15 is 0 Å². The van der Waals surface area contributed by atoms with Gasteiger partial charge in [-0.25, -0.2) is 4.39 Å². The minimum atomic E-state index is -1.30. The molecule has 1 aromatic rings. The highest BCUT2D eigenvalue weighted by atomic mass is 79.9. The number of aromatic nitrogens is 2. The molecule has 2 atom stereocenters. The van der Waals surface area contributed by atoms with Crippen molar-refractivity contribution in [3.63, 3.8) is 0 Å². The van der Waals surface area contributed by atoms with Crippen molar-refractivity contribution < 1.29 is 4.39 Å². The predicted molar refractivity (Wildman–Crippen MR) is 55.5 cm³/mol. The highest BCUT2D eigenvalue weighted by Gasteiger charge is 2.43. The maximum atomic E-state index is 14.5. The van der Waals surface area contributed by atoms with Gasteiger partial charge in [0.1, 0.15) is 0 Å². The first-order valence-corrected chi connectivity index (χ1v) is 5.45. The van der Waals surface area contributed by atoms with E-state index in [4.69, 9.17) is 5.73 Å². The van der Waals surface area contributed by atoms with Crippen LogP contribution in [0.2, 0.25) is 0 Å². The minimum Gasteiger partial charge on any atom is -0.328 e. The molecule has 0 aliphatic heterocycles. The van der Waals surface area contributed by atoms with Crippen molar-refractivity contribution in [3.05, 3.63) is 16.4 Å². The van der Waals surface area contributed by atoms with Crippen LogP contribution in [0, 0.1) is 0 Å². The first-order valence-electron chi connectivity index (χ1n) is 4.65. The van der Waals surface area contributed by atoms with Gasteiger partial charge in [0.15, 0.2) is 5.67 Å². The predicted octanol–water partition coefficient (Wildman–Crippen LogP) is 1.86. The quantitative estimate of drug-likeness (QED) is 0.839. The van der Waals surface area contributed by atoms with Crippen LogP contribution in [0.15, 0.2) is 10.7 Å². The minimum absolute atomic E-state index is 0.0261. The van der Waals surface area contributed by atoms with Crippen LogP contribution in [-0.2, 0) is 12.7 Å². The molecule has 78 valence electrons. The fraction of sp³-hybridized carbons (Fsp3) is 0.667. The van der Waals surface area contributed by atoms with Crippen LogP contribution in [0.3, 0.4) is 0 Å². The Morgan fingerprint density at radius 1 is 1.79 bits per heavy atom. The maximum Gasteiger partial charge on any atom is 0.155 e. The van der Waals surface area contributed by atoms with Gasteiger partial charge in [0.25, 0.3) is 0 Å². The highest BCUT2D eigenvalue weighted by Crippen LogP contribution is 2.44. The van der Waals surface area contributed by atoms with Crippen LogP contribution in [0.25, 0.3) is 0 Å². The van der Waals surface area contributed by atoms with Gasteiger partial charge in [-0.1, -0.05) is 0 Å². The van der Waals surface area contributed by atoms with Gasteiger partial charge in [-0.15, -0.1) is 0 Å². The number of alkyl halides is 1. The lowest BCUT2D eigenvalue weighted by Gasteiger charge is -2.20. The average molecular weight is 262 g/mol. The molecule has 1 saturated carbocycles. The molecule has 0 spiro atoms. The summed E-state index contributed by atoms with van der Waals surface area (Å²) < 4.78 is 16.8. The first kappa shape index (κ1) is 10.1. The summed E-state index contributed by atoms with van der Waals surface area (Å²) in [4.78, 5) is 0. The standard InChI is InChI=1S/C9H13BrFN3/c1-14-8(7(10)5-13-14)9(11)3-2-6(12)4-9/h5-6H,2-4,12H2,1H3. The Morgan fingerprint density at radius 2 is 2.50 bits per heavy atom. The summed E-state index contributed by atoms with van der Waals surface area (Å²) in [5.41, 5.74) is 5.05. The zero-order valence-corrected chi connectivity index (χ0v) is 9.59. The number of halogens is 2. The van der Waals surface area contributed by atoms with E-state index in [1.165, 1.54) is 0 Å². The molecule has 2 rings (SSSR count). The maximum absolute atomic E-state index is 14.5. The normalized spacial score (nSPS) is 32.4. The van der Waals surface area contributed by atoms with E-state index in [2.05, 4.69) is 21.0 Å². The molecule has 1 aliphatic carbocycles. The molecule has 0 bridgehead atoms. The monoisotopic (exact) mass is 261 g/mol. The smallest absolute Gasteiger partial charge is 0.155 e. The molecule has 2 N–H and O–H groups in total. The summed E-state index contributed by atoms with van der Waals surface area (Å²) in [6.07, 6.45) is 3.26. The van der Waals surface area contributed by atoms with Gasteiger partial charge in [0.2, 0.25) is 0 Å². The second kappa shape index (κ2) is 3.31. The van der Waals surface area contributed by atoms with E-state index in [0.717, 1.165) is 10.9 Å². The van der Waals surface area contributed by atoms with Crippen LogP contribution >= 0.6 is 15.9 Å². The van der Waals surface area contributed by atoms with E-state index in [-0.39, 0.29) is 6.04 Å². The number of nitrogens with zero attached hydrogens (tertiary/aromatic N) is 2. The number of nitrogens with two attached hydrogens (primary N) is 1. The van der Waals surface area contributed by atoms with Crippen molar-refractivity contribution >= 4 is 15.9 Å². The number of hydrogen-bond donors (Lipinski definition) is 1. The van der Waals surface area contributed by atoms with Crippen molar-refractivity contribution in [1.29, 1.82) is 0 Å². The fourth-order valence-corrected chi connectivity index (χ4v) is 2.87. The lowest BCUT2D eigenvalue weighted by Crippen LogP contribution is -2.24. The number of hydrogen-bond acceptors (Lipinski definition) is 2. The highest BCUT2D eigenvalue weighted by molar-refractivity contribution is 9.10. The van der Waals surface area contributed by atoms with Crippen LogP contribution < -0.4 is 5.73 Å². The van der Waals surface area contributed by atoms with Crippen LogP contribution in [0.1, 0.15) is 25.0 Å². The zero-order chi connectivity index (χ0) is 10.3. The first-order chi connectivity index (χ1) is 6.53. The fourth-order valence-electron chi connectivity index (χ4n) is 2.16. The summed E-state index contributed by atoms with van der Waals surface area (Å²) in [6, 6.07) is -0.0261. The van der Waals surface area contributed by atoms with Gasteiger partial charge in [0, 0.05) is 19.5 Å². The second-order valence-electron chi connectivity index (χ2n) is 3.93. The Balaban J connectivity index is 2.39. The van der Waals surface area contributed by atoms with Crippen molar-refractivity contribution in [2.75, 3.05) is 0 Å². The molecule has 1 aromatic heterocycles. The summed E-state index contributed by atoms with van der Waals surface area (Å²) in [7, 11) is 1.76. The second-order valence-corrected chi connectivity index (χ2v) is 4.79. The average Bonchev–Trinajstić information content (AvgIpc) is 2.58. The topological polar surface area (TPSA) is 43.8 Å². The van der Waals surface area contributed by atoms with Gasteiger partial charge >= 0.3 is 0 Å². The van der Waals surface area contributed by atoms with Crippen molar-refractivity contribution in [2.24, 2.45) is 12.8 Å². The molecule has 14 heavy (non-hydrogen) atoms. The third kappa shape index (κ3) is 1.48. The summed E-state index contributed by atoms with van der Waals surface area (Å²) in [5, 5.41) is 4.02. The molecule has 2 unspecified atom stereocenters. The van der Waals surface area contributed by atoms with Crippen LogP contribution in [0.5, 0.6) is 0 Å². The van der Waals surface area contributed by atoms with Gasteiger partial charge < -0.3 is 5.73 Å². The van der Waals surface area contributed by atoms with Crippen molar-refractivity contribution in [3.8, 4) is 0 Å². The number of aryl methyl sites for hydroxylation is 1. The van der Waals surface area contributed by atoms with Crippen LogP contribution in [0.4, 0.5) is 4.39 Å². The Morgan fingerprint density at radius 3 is 2.93 bits per heavy atom. The zero-order valence-electron chi connectivity index (χ0n) is 8.00. The SMILES string of the molecule is Cn1ncc(Br)c1C1(F)CCC(N)C1. The van der Waals surface area contributed by atoms with E-state index in [9.17, 15) is 4.39 Å². The van der Waals surface area contributed by atoms with E-state index in [1.54, 1.807) is 17.9 Å². The van der Waals surface area contributed by atoms with Crippen molar-refractivity contribution in [1.82, 2.24) is 9.78 Å². The van der Waals surface area contributed by atoms with E-state index in [1.807, 2.05) is 0 Å². The summed E-state index contributed by atoms with van der Waals surface area (Å²) >= 11 is 3.32. The van der Waals surface area contributed by atoms with Gasteiger partial charge in [-0.3, -0.25) is 4.68 Å². The largest absolute Gasteiger partial charge is 0.328 e. The Bertz CT molecular complexity index is 332. The number of rotatable bonds is 1. The lowest BCUT2D eigenvalue weighted by molar-refractivity contribution is 0.158.